The van der Waals surface area contributed by atoms with Crippen molar-refractivity contribution >= 4 is 20.0 Å². The van der Waals surface area contributed by atoms with E-state index >= 15 is 4.11 Å². The lowest BCUT2D eigenvalue weighted by Crippen LogP contribution is -2.33. The lowest BCUT2D eigenvalue weighted by atomic mass is 9.93. The number of alkyl halides is 3. The van der Waals surface area contributed by atoms with Crippen LogP contribution in [-0.4, -0.2) is 8.41 Å². The van der Waals surface area contributed by atoms with Gasteiger partial charge in [-0.3, -0.25) is 0 Å². The number of hydrogen-bond acceptors (Lipinski definition) is 0. The van der Waals surface area contributed by atoms with Crippen LogP contribution in [0.5, 0.6) is 0 Å². The summed E-state index contributed by atoms with van der Waals surface area (Å²) in [5.41, 5.74) is 2.98. The Bertz CT molecular complexity index is 776. The molecule has 0 N–H and O–H groups in total. The molecule has 0 nitrogen and oxygen atoms in total. The number of halogens is 4. The molecule has 5 heteroatoms. The number of aryl methyl sites for hydroxylation is 1. The summed E-state index contributed by atoms with van der Waals surface area (Å²) < 4.78 is 41.3. The van der Waals surface area contributed by atoms with Crippen LogP contribution in [0, 0.1) is 5.92 Å². The lowest BCUT2D eigenvalue weighted by Gasteiger charge is -2.32. The smallest absolute Gasteiger partial charge is 0.314 e. The quantitative estimate of drug-likeness (QED) is 0.154. The van der Waals surface area contributed by atoms with Crippen molar-refractivity contribution in [2.24, 2.45) is 5.92 Å². The molecule has 3 rings (SSSR count). The molecule has 1 aliphatic rings. The van der Waals surface area contributed by atoms with Crippen LogP contribution in [0.2, 0.25) is 18.1 Å². The molecular weight excluding hydrogens is 421 g/mol. The average molecular weight is 453 g/mol. The maximum atomic E-state index is 15.0. The Hall–Kier alpha value is -1.26. The lowest BCUT2D eigenvalue weighted by molar-refractivity contribution is 0.0951. The summed E-state index contributed by atoms with van der Waals surface area (Å²) >= 11 is 5.07. The van der Waals surface area contributed by atoms with Gasteiger partial charge >= 0.3 is 5.38 Å². The van der Waals surface area contributed by atoms with Crippen LogP contribution >= 0.6 is 11.6 Å². The third-order valence-corrected chi connectivity index (χ3v) is 10.4. The maximum absolute atomic E-state index is 15.0. The minimum atomic E-state index is -3.33. The Morgan fingerprint density at radius 2 is 1.50 bits per heavy atom. The second-order valence-electron chi connectivity index (χ2n) is 8.86. The van der Waals surface area contributed by atoms with E-state index in [-0.39, 0.29) is 5.56 Å². The molecule has 1 aliphatic heterocycles. The van der Waals surface area contributed by atoms with Crippen LogP contribution in [0.3, 0.4) is 0 Å². The molecule has 0 unspecified atom stereocenters. The standard InChI is InChI=1S/C25H32ClF3Si/c1-2-3-4-17-30(29)18-15-21(16-19-30)6-5-20-7-9-22(10-8-20)23-11-13-24(14-12-23)25(26,27)28/h7-14,21H,2-6,15-19H2,1H3/t21-,30+. The summed E-state index contributed by atoms with van der Waals surface area (Å²) in [7, 11) is -2.44. The first-order chi connectivity index (χ1) is 14.3. The summed E-state index contributed by atoms with van der Waals surface area (Å²) in [5, 5.41) is -3.33. The van der Waals surface area contributed by atoms with E-state index in [0.717, 1.165) is 61.4 Å². The first-order valence-corrected chi connectivity index (χ1v) is 14.1. The van der Waals surface area contributed by atoms with Gasteiger partial charge in [0.1, 0.15) is 0 Å². The van der Waals surface area contributed by atoms with Gasteiger partial charge in [0, 0.05) is 5.56 Å². The Kier molecular flexibility index (Phi) is 8.09. The van der Waals surface area contributed by atoms with Gasteiger partial charge in [-0.25, -0.2) is 0 Å². The molecule has 0 amide bonds. The molecule has 0 radical (unpaired) electrons. The Labute approximate surface area is 185 Å². The van der Waals surface area contributed by atoms with E-state index in [9.17, 15) is 8.78 Å². The monoisotopic (exact) mass is 452 g/mol. The zero-order valence-electron chi connectivity index (χ0n) is 17.8. The third-order valence-electron chi connectivity index (χ3n) is 6.57. The minimum Gasteiger partial charge on any atom is -0.314 e. The highest BCUT2D eigenvalue weighted by atomic mass is 35.5. The van der Waals surface area contributed by atoms with E-state index in [4.69, 9.17) is 11.6 Å². The van der Waals surface area contributed by atoms with Crippen LogP contribution in [0.15, 0.2) is 48.5 Å². The van der Waals surface area contributed by atoms with Crippen molar-refractivity contribution < 1.29 is 12.9 Å². The number of unbranched alkanes of at least 4 members (excludes halogenated alkanes) is 2. The molecule has 0 aliphatic carbocycles. The average Bonchev–Trinajstić information content (AvgIpc) is 2.73. The van der Waals surface area contributed by atoms with E-state index in [2.05, 4.69) is 19.1 Å². The Morgan fingerprint density at radius 1 is 0.933 bits per heavy atom. The number of rotatable bonds is 9. The Morgan fingerprint density at radius 3 is 2.03 bits per heavy atom. The molecule has 2 aromatic rings. The van der Waals surface area contributed by atoms with Crippen molar-refractivity contribution in [3.63, 3.8) is 0 Å². The van der Waals surface area contributed by atoms with Crippen LogP contribution in [0.4, 0.5) is 12.9 Å². The first-order valence-electron chi connectivity index (χ1n) is 11.2. The molecule has 164 valence electrons. The molecule has 0 aromatic heterocycles. The van der Waals surface area contributed by atoms with Gasteiger partial charge in [-0.05, 0) is 65.2 Å². The van der Waals surface area contributed by atoms with Crippen molar-refractivity contribution in [3.05, 3.63) is 59.7 Å². The predicted octanol–water partition coefficient (Wildman–Crippen LogP) is 9.09. The van der Waals surface area contributed by atoms with Crippen LogP contribution < -0.4 is 0 Å². The number of benzene rings is 2. The zero-order chi connectivity index (χ0) is 21.6. The van der Waals surface area contributed by atoms with Crippen molar-refractivity contribution in [3.8, 4) is 11.1 Å². The molecule has 0 spiro atoms. The van der Waals surface area contributed by atoms with Gasteiger partial charge < -0.3 is 4.11 Å². The summed E-state index contributed by atoms with van der Waals surface area (Å²) in [4.78, 5) is 0. The summed E-state index contributed by atoms with van der Waals surface area (Å²) in [6, 6.07) is 17.0. The topological polar surface area (TPSA) is 0 Å². The highest BCUT2D eigenvalue weighted by Gasteiger charge is 2.37. The molecule has 0 saturated carbocycles. The van der Waals surface area contributed by atoms with E-state index in [1.54, 1.807) is 12.1 Å². The molecular formula is C25H32ClF3Si. The first kappa shape index (κ1) is 23.4. The zero-order valence-corrected chi connectivity index (χ0v) is 19.5. The van der Waals surface area contributed by atoms with Crippen molar-refractivity contribution in [1.29, 1.82) is 0 Å². The normalized spacial score (nSPS) is 22.2. The van der Waals surface area contributed by atoms with Gasteiger partial charge in [-0.15, -0.1) is 0 Å². The van der Waals surface area contributed by atoms with Gasteiger partial charge in [0.25, 0.3) is 0 Å². The molecule has 2 aromatic carbocycles. The van der Waals surface area contributed by atoms with E-state index in [1.807, 2.05) is 12.1 Å². The maximum Gasteiger partial charge on any atom is 0.348 e. The third kappa shape index (κ3) is 6.62. The second kappa shape index (κ2) is 10.4. The molecule has 0 bridgehead atoms. The minimum absolute atomic E-state index is 0.192. The fourth-order valence-corrected chi connectivity index (χ4v) is 8.12. The Balaban J connectivity index is 1.47. The van der Waals surface area contributed by atoms with Gasteiger partial charge in [-0.2, -0.15) is 8.78 Å². The fourth-order valence-electron chi connectivity index (χ4n) is 4.51. The highest BCUT2D eigenvalue weighted by Crippen LogP contribution is 2.39. The van der Waals surface area contributed by atoms with Gasteiger partial charge in [0.15, 0.2) is 0 Å². The summed E-state index contributed by atoms with van der Waals surface area (Å²) in [6.45, 7) is 2.17. The molecule has 1 fully saturated rings. The van der Waals surface area contributed by atoms with Gasteiger partial charge in [0.05, 0.1) is 0 Å². The van der Waals surface area contributed by atoms with Crippen LogP contribution in [0.25, 0.3) is 11.1 Å². The van der Waals surface area contributed by atoms with E-state index in [0.29, 0.717) is 5.92 Å². The molecule has 30 heavy (non-hydrogen) atoms. The van der Waals surface area contributed by atoms with E-state index < -0.39 is 13.8 Å². The van der Waals surface area contributed by atoms with Gasteiger partial charge in [-0.1, -0.05) is 87.6 Å². The predicted molar refractivity (Wildman–Crippen MR) is 123 cm³/mol. The van der Waals surface area contributed by atoms with Crippen LogP contribution in [-0.2, 0) is 11.8 Å². The van der Waals surface area contributed by atoms with Crippen molar-refractivity contribution in [2.45, 2.75) is 75.4 Å². The number of hydrogen-bond donors (Lipinski definition) is 0. The molecule has 1 heterocycles. The second-order valence-corrected chi connectivity index (χ2v) is 13.1. The van der Waals surface area contributed by atoms with Crippen molar-refractivity contribution in [2.75, 3.05) is 0 Å². The summed E-state index contributed by atoms with van der Waals surface area (Å²) in [6.07, 6.45) is 7.67. The van der Waals surface area contributed by atoms with Gasteiger partial charge in [0.2, 0.25) is 8.41 Å². The highest BCUT2D eigenvalue weighted by molar-refractivity contribution is 6.73. The van der Waals surface area contributed by atoms with E-state index in [1.165, 1.54) is 30.5 Å². The molecule has 1 saturated heterocycles. The summed E-state index contributed by atoms with van der Waals surface area (Å²) in [5.74, 6) is 0.650. The fraction of sp³-hybridized carbons (Fsp3) is 0.520. The largest absolute Gasteiger partial charge is 0.348 e. The van der Waals surface area contributed by atoms with Crippen LogP contribution in [0.1, 0.15) is 56.6 Å². The SMILES string of the molecule is CCCCC[Si@]1(F)CC[C@@H](CCc2ccc(-c3ccc(C(F)(F)Cl)cc3)cc2)CC1. The van der Waals surface area contributed by atoms with Crippen molar-refractivity contribution in [1.82, 2.24) is 0 Å². The molecule has 0 atom stereocenters.